The molecule has 0 amide bonds. The number of imidazole rings is 1. The highest BCUT2D eigenvalue weighted by Crippen LogP contribution is 2.39. The number of para-hydroxylation sites is 3. The van der Waals surface area contributed by atoms with E-state index in [0.29, 0.717) is 12.6 Å². The van der Waals surface area contributed by atoms with Crippen LogP contribution >= 0.6 is 0 Å². The van der Waals surface area contributed by atoms with Crippen LogP contribution in [0, 0.1) is 0 Å². The molecule has 0 unspecified atom stereocenters. The molecule has 1 heterocycles. The van der Waals surface area contributed by atoms with Crippen LogP contribution in [-0.4, -0.2) is 9.55 Å². The molecule has 1 aliphatic carbocycles. The van der Waals surface area contributed by atoms with Crippen molar-refractivity contribution in [3.05, 3.63) is 84.4 Å². The Morgan fingerprint density at radius 1 is 0.821 bits per heavy atom. The summed E-state index contributed by atoms with van der Waals surface area (Å²) in [7, 11) is 0. The molecule has 0 radical (unpaired) electrons. The van der Waals surface area contributed by atoms with E-state index in [-0.39, 0.29) is 0 Å². The smallest absolute Gasteiger partial charge is 0.145 e. The zero-order valence-corrected chi connectivity index (χ0v) is 15.9. The molecule has 0 atom stereocenters. The van der Waals surface area contributed by atoms with E-state index in [1.807, 2.05) is 24.3 Å². The van der Waals surface area contributed by atoms with E-state index in [2.05, 4.69) is 59.2 Å². The number of rotatable bonds is 5. The second-order valence-corrected chi connectivity index (χ2v) is 7.50. The van der Waals surface area contributed by atoms with Gasteiger partial charge >= 0.3 is 0 Å². The van der Waals surface area contributed by atoms with Crippen LogP contribution in [0.15, 0.2) is 78.9 Å². The van der Waals surface area contributed by atoms with Gasteiger partial charge in [-0.05, 0) is 42.7 Å². The first-order valence-corrected chi connectivity index (χ1v) is 10.1. The highest BCUT2D eigenvalue weighted by molar-refractivity contribution is 5.82. The van der Waals surface area contributed by atoms with Crippen molar-refractivity contribution in [3.63, 3.8) is 0 Å². The third-order valence-corrected chi connectivity index (χ3v) is 5.65. The SMILES string of the molecule is c1ccc(COc2ccccc2-c2nc3ccccc3n2C2CCCC2)cc1. The fourth-order valence-corrected chi connectivity index (χ4v) is 4.28. The van der Waals surface area contributed by atoms with Crippen LogP contribution in [0.4, 0.5) is 0 Å². The maximum Gasteiger partial charge on any atom is 0.145 e. The minimum Gasteiger partial charge on any atom is -0.488 e. The molecule has 140 valence electrons. The van der Waals surface area contributed by atoms with Gasteiger partial charge in [0.05, 0.1) is 16.6 Å². The summed E-state index contributed by atoms with van der Waals surface area (Å²) in [4.78, 5) is 5.03. The van der Waals surface area contributed by atoms with Crippen molar-refractivity contribution >= 4 is 11.0 Å². The van der Waals surface area contributed by atoms with Crippen molar-refractivity contribution < 1.29 is 4.74 Å². The van der Waals surface area contributed by atoms with Gasteiger partial charge < -0.3 is 9.30 Å². The van der Waals surface area contributed by atoms with Crippen LogP contribution in [0.3, 0.4) is 0 Å². The number of fused-ring (bicyclic) bond motifs is 1. The van der Waals surface area contributed by atoms with Gasteiger partial charge in [0.2, 0.25) is 0 Å². The number of nitrogens with zero attached hydrogens (tertiary/aromatic N) is 2. The van der Waals surface area contributed by atoms with Crippen LogP contribution in [-0.2, 0) is 6.61 Å². The molecular formula is C25H24N2O. The first-order chi connectivity index (χ1) is 13.9. The molecule has 4 aromatic rings. The monoisotopic (exact) mass is 368 g/mol. The van der Waals surface area contributed by atoms with Gasteiger partial charge in [-0.3, -0.25) is 0 Å². The summed E-state index contributed by atoms with van der Waals surface area (Å²) in [6.45, 7) is 0.557. The summed E-state index contributed by atoms with van der Waals surface area (Å²) in [5.41, 5.74) is 4.52. The highest BCUT2D eigenvalue weighted by atomic mass is 16.5. The number of hydrogen-bond donors (Lipinski definition) is 0. The summed E-state index contributed by atoms with van der Waals surface area (Å²) in [5.74, 6) is 1.91. The van der Waals surface area contributed by atoms with E-state index in [1.54, 1.807) is 0 Å². The molecule has 5 rings (SSSR count). The molecule has 0 spiro atoms. The quantitative estimate of drug-likeness (QED) is 0.408. The lowest BCUT2D eigenvalue weighted by Crippen LogP contribution is -2.07. The lowest BCUT2D eigenvalue weighted by molar-refractivity contribution is 0.307. The Hall–Kier alpha value is -3.07. The Morgan fingerprint density at radius 3 is 2.39 bits per heavy atom. The lowest BCUT2D eigenvalue weighted by Gasteiger charge is -2.18. The summed E-state index contributed by atoms with van der Waals surface area (Å²) in [6.07, 6.45) is 5.03. The molecule has 3 nitrogen and oxygen atoms in total. The van der Waals surface area contributed by atoms with Crippen LogP contribution in [0.5, 0.6) is 5.75 Å². The predicted octanol–water partition coefficient (Wildman–Crippen LogP) is 6.40. The van der Waals surface area contributed by atoms with Gasteiger partial charge in [0.1, 0.15) is 18.2 Å². The van der Waals surface area contributed by atoms with Crippen molar-refractivity contribution in [1.29, 1.82) is 0 Å². The van der Waals surface area contributed by atoms with E-state index in [4.69, 9.17) is 9.72 Å². The molecule has 3 heteroatoms. The van der Waals surface area contributed by atoms with Crippen LogP contribution in [0.25, 0.3) is 22.4 Å². The molecule has 1 saturated carbocycles. The Labute approximate surface area is 165 Å². The number of hydrogen-bond acceptors (Lipinski definition) is 2. The molecular weight excluding hydrogens is 344 g/mol. The summed E-state index contributed by atoms with van der Waals surface area (Å²) in [6, 6.07) is 27.6. The Balaban J connectivity index is 1.58. The molecule has 1 aromatic heterocycles. The summed E-state index contributed by atoms with van der Waals surface area (Å²) < 4.78 is 8.69. The van der Waals surface area contributed by atoms with Crippen LogP contribution in [0.1, 0.15) is 37.3 Å². The minimum absolute atomic E-state index is 0.518. The molecule has 28 heavy (non-hydrogen) atoms. The summed E-state index contributed by atoms with van der Waals surface area (Å²) >= 11 is 0. The Morgan fingerprint density at radius 2 is 1.54 bits per heavy atom. The van der Waals surface area contributed by atoms with Crippen LogP contribution in [0.2, 0.25) is 0 Å². The standard InChI is InChI=1S/C25H24N2O/c1-2-10-19(11-3-1)18-28-24-17-9-6-14-21(24)25-26-22-15-7-8-16-23(22)27(25)20-12-4-5-13-20/h1-3,6-11,14-17,20H,4-5,12-13,18H2. The van der Waals surface area contributed by atoms with Gasteiger partial charge in [-0.1, -0.05) is 67.4 Å². The summed E-state index contributed by atoms with van der Waals surface area (Å²) in [5, 5.41) is 0. The van der Waals surface area contributed by atoms with Crippen molar-refractivity contribution in [2.75, 3.05) is 0 Å². The van der Waals surface area contributed by atoms with E-state index in [0.717, 1.165) is 22.7 Å². The van der Waals surface area contributed by atoms with Gasteiger partial charge in [-0.25, -0.2) is 4.98 Å². The van der Waals surface area contributed by atoms with Crippen molar-refractivity contribution in [2.45, 2.75) is 38.3 Å². The van der Waals surface area contributed by atoms with Gasteiger partial charge in [-0.15, -0.1) is 0 Å². The van der Waals surface area contributed by atoms with Gasteiger partial charge in [0, 0.05) is 6.04 Å². The van der Waals surface area contributed by atoms with Crippen molar-refractivity contribution in [3.8, 4) is 17.1 Å². The molecule has 3 aromatic carbocycles. The maximum absolute atomic E-state index is 6.24. The molecule has 0 saturated heterocycles. The van der Waals surface area contributed by atoms with Crippen molar-refractivity contribution in [1.82, 2.24) is 9.55 Å². The zero-order chi connectivity index (χ0) is 18.8. The third-order valence-electron chi connectivity index (χ3n) is 5.65. The number of ether oxygens (including phenoxy) is 1. The third kappa shape index (κ3) is 3.18. The van der Waals surface area contributed by atoms with E-state index >= 15 is 0 Å². The van der Waals surface area contributed by atoms with Crippen molar-refractivity contribution in [2.24, 2.45) is 0 Å². The average Bonchev–Trinajstić information content (AvgIpc) is 3.40. The maximum atomic E-state index is 6.24. The van der Waals surface area contributed by atoms with Gasteiger partial charge in [0.15, 0.2) is 0 Å². The van der Waals surface area contributed by atoms with E-state index < -0.39 is 0 Å². The number of benzene rings is 3. The fraction of sp³-hybridized carbons (Fsp3) is 0.240. The predicted molar refractivity (Wildman–Crippen MR) is 113 cm³/mol. The average molecular weight is 368 g/mol. The largest absolute Gasteiger partial charge is 0.488 e. The normalized spacial score (nSPS) is 14.6. The first-order valence-electron chi connectivity index (χ1n) is 10.1. The zero-order valence-electron chi connectivity index (χ0n) is 15.9. The topological polar surface area (TPSA) is 27.1 Å². The second kappa shape index (κ2) is 7.51. The highest BCUT2D eigenvalue weighted by Gasteiger charge is 2.24. The van der Waals surface area contributed by atoms with Gasteiger partial charge in [-0.2, -0.15) is 0 Å². The molecule has 0 aliphatic heterocycles. The minimum atomic E-state index is 0.518. The Kier molecular flexibility index (Phi) is 4.58. The van der Waals surface area contributed by atoms with Gasteiger partial charge in [0.25, 0.3) is 0 Å². The number of aromatic nitrogens is 2. The van der Waals surface area contributed by atoms with Crippen LogP contribution < -0.4 is 4.74 Å². The van der Waals surface area contributed by atoms with E-state index in [1.165, 1.54) is 36.8 Å². The van der Waals surface area contributed by atoms with E-state index in [9.17, 15) is 0 Å². The molecule has 1 aliphatic rings. The Bertz CT molecular complexity index is 1080. The molecule has 0 bridgehead atoms. The second-order valence-electron chi connectivity index (χ2n) is 7.50. The lowest BCUT2D eigenvalue weighted by atomic mass is 10.1. The molecule has 0 N–H and O–H groups in total. The molecule has 1 fully saturated rings. The fourth-order valence-electron chi connectivity index (χ4n) is 4.28. The first kappa shape index (κ1) is 17.1.